The van der Waals surface area contributed by atoms with E-state index in [2.05, 4.69) is 4.18 Å². The summed E-state index contributed by atoms with van der Waals surface area (Å²) in [5, 5.41) is 0. The molecule has 1 aromatic carbocycles. The fraction of sp³-hybridized carbons (Fsp3) is 0.333. The number of rotatable bonds is 3. The Morgan fingerprint density at radius 1 is 1.43 bits per heavy atom. The molecule has 0 heterocycles. The van der Waals surface area contributed by atoms with E-state index in [4.69, 9.17) is 0 Å². The van der Waals surface area contributed by atoms with Crippen molar-refractivity contribution < 1.29 is 17.0 Å². The van der Waals surface area contributed by atoms with Crippen LogP contribution in [0.3, 0.4) is 0 Å². The first-order chi connectivity index (χ1) is 6.38. The molecule has 5 heteroatoms. The van der Waals surface area contributed by atoms with E-state index in [1.54, 1.807) is 19.1 Å². The topological polar surface area (TPSA) is 43.4 Å². The molecule has 0 fully saturated rings. The lowest BCUT2D eigenvalue weighted by Crippen LogP contribution is -2.03. The third-order valence-electron chi connectivity index (χ3n) is 1.68. The van der Waals surface area contributed by atoms with Crippen molar-refractivity contribution in [2.45, 2.75) is 13.5 Å². The molecule has 0 aliphatic heterocycles. The first kappa shape index (κ1) is 11.1. The van der Waals surface area contributed by atoms with Gasteiger partial charge in [0.1, 0.15) is 5.82 Å². The highest BCUT2D eigenvalue weighted by Crippen LogP contribution is 2.10. The van der Waals surface area contributed by atoms with Crippen LogP contribution in [0.1, 0.15) is 11.1 Å². The summed E-state index contributed by atoms with van der Waals surface area (Å²) in [5.74, 6) is -0.361. The van der Waals surface area contributed by atoms with Crippen LogP contribution in [0.4, 0.5) is 4.39 Å². The summed E-state index contributed by atoms with van der Waals surface area (Å²) in [7, 11) is -3.47. The van der Waals surface area contributed by atoms with Crippen molar-refractivity contribution in [2.75, 3.05) is 6.26 Å². The van der Waals surface area contributed by atoms with Crippen molar-refractivity contribution in [2.24, 2.45) is 0 Å². The van der Waals surface area contributed by atoms with Gasteiger partial charge in [0.05, 0.1) is 12.9 Å². The lowest BCUT2D eigenvalue weighted by Gasteiger charge is -2.02. The molecule has 0 bridgehead atoms. The largest absolute Gasteiger partial charge is 0.265 e. The Balaban J connectivity index is 2.74. The summed E-state index contributed by atoms with van der Waals surface area (Å²) in [6, 6.07) is 4.47. The third-order valence-corrected chi connectivity index (χ3v) is 2.22. The van der Waals surface area contributed by atoms with E-state index in [0.717, 1.165) is 6.26 Å². The summed E-state index contributed by atoms with van der Waals surface area (Å²) < 4.78 is 38.8. The van der Waals surface area contributed by atoms with Crippen LogP contribution in [0.5, 0.6) is 0 Å². The van der Waals surface area contributed by atoms with Crippen molar-refractivity contribution in [3.05, 3.63) is 35.1 Å². The van der Waals surface area contributed by atoms with Crippen molar-refractivity contribution in [3.8, 4) is 0 Å². The second kappa shape index (κ2) is 4.06. The fourth-order valence-corrected chi connectivity index (χ4v) is 1.25. The average molecular weight is 218 g/mol. The van der Waals surface area contributed by atoms with Crippen molar-refractivity contribution >= 4 is 10.1 Å². The molecule has 0 spiro atoms. The quantitative estimate of drug-likeness (QED) is 0.724. The van der Waals surface area contributed by atoms with Crippen molar-refractivity contribution in [1.29, 1.82) is 0 Å². The van der Waals surface area contributed by atoms with Gasteiger partial charge in [0, 0.05) is 0 Å². The van der Waals surface area contributed by atoms with Gasteiger partial charge >= 0.3 is 0 Å². The molecule has 0 aromatic heterocycles. The van der Waals surface area contributed by atoms with Crippen molar-refractivity contribution in [3.63, 3.8) is 0 Å². The summed E-state index contributed by atoms with van der Waals surface area (Å²) in [6.07, 6.45) is 0.956. The number of benzene rings is 1. The van der Waals surface area contributed by atoms with E-state index in [0.29, 0.717) is 11.1 Å². The Morgan fingerprint density at radius 2 is 2.07 bits per heavy atom. The third kappa shape index (κ3) is 3.43. The highest BCUT2D eigenvalue weighted by molar-refractivity contribution is 7.85. The average Bonchev–Trinajstić information content (AvgIpc) is 2.06. The molecule has 1 aromatic rings. The predicted octanol–water partition coefficient (Wildman–Crippen LogP) is 1.61. The molecule has 0 radical (unpaired) electrons. The zero-order valence-electron chi connectivity index (χ0n) is 7.95. The van der Waals surface area contributed by atoms with E-state index in [-0.39, 0.29) is 12.4 Å². The van der Waals surface area contributed by atoms with Crippen molar-refractivity contribution in [1.82, 2.24) is 0 Å². The number of hydrogen-bond acceptors (Lipinski definition) is 3. The minimum Gasteiger partial charge on any atom is -0.265 e. The van der Waals surface area contributed by atoms with Gasteiger partial charge < -0.3 is 0 Å². The second-order valence-corrected chi connectivity index (χ2v) is 4.69. The molecule has 3 nitrogen and oxygen atoms in total. The van der Waals surface area contributed by atoms with Crippen LogP contribution < -0.4 is 0 Å². The predicted molar refractivity (Wildman–Crippen MR) is 50.8 cm³/mol. The molecule has 0 saturated heterocycles. The van der Waals surface area contributed by atoms with E-state index < -0.39 is 10.1 Å². The Bertz CT molecular complexity index is 426. The van der Waals surface area contributed by atoms with Crippen LogP contribution in [-0.2, 0) is 20.9 Å². The molecule has 0 N–H and O–H groups in total. The smallest absolute Gasteiger partial charge is 0.264 e. The van der Waals surface area contributed by atoms with Crippen LogP contribution in [0.25, 0.3) is 0 Å². The maximum atomic E-state index is 13.0. The molecule has 78 valence electrons. The SMILES string of the molecule is Cc1ccc(COS(C)(=O)=O)cc1F. The van der Waals surface area contributed by atoms with Gasteiger partial charge in [0.25, 0.3) is 10.1 Å². The van der Waals surface area contributed by atoms with E-state index in [1.165, 1.54) is 6.07 Å². The maximum Gasteiger partial charge on any atom is 0.264 e. The molecule has 0 atom stereocenters. The van der Waals surface area contributed by atoms with Gasteiger partial charge in [-0.1, -0.05) is 12.1 Å². The maximum absolute atomic E-state index is 13.0. The zero-order chi connectivity index (χ0) is 10.8. The zero-order valence-corrected chi connectivity index (χ0v) is 8.77. The van der Waals surface area contributed by atoms with Crippen LogP contribution in [0, 0.1) is 12.7 Å². The van der Waals surface area contributed by atoms with Gasteiger partial charge in [-0.3, -0.25) is 4.18 Å². The molecule has 14 heavy (non-hydrogen) atoms. The molecule has 0 aliphatic rings. The van der Waals surface area contributed by atoms with Gasteiger partial charge in [-0.2, -0.15) is 8.42 Å². The lowest BCUT2D eigenvalue weighted by atomic mass is 10.1. The first-order valence-corrected chi connectivity index (χ1v) is 5.79. The van der Waals surface area contributed by atoms with Gasteiger partial charge in [0.15, 0.2) is 0 Å². The minimum absolute atomic E-state index is 0.129. The summed E-state index contributed by atoms with van der Waals surface area (Å²) in [5.41, 5.74) is 1.02. The monoisotopic (exact) mass is 218 g/mol. The molecular weight excluding hydrogens is 207 g/mol. The molecule has 0 unspecified atom stereocenters. The Hall–Kier alpha value is -0.940. The number of aryl methyl sites for hydroxylation is 1. The Labute approximate surface area is 82.6 Å². The van der Waals surface area contributed by atoms with E-state index >= 15 is 0 Å². The van der Waals surface area contributed by atoms with Crippen LogP contribution in [0.2, 0.25) is 0 Å². The Kier molecular flexibility index (Phi) is 3.23. The molecule has 0 aliphatic carbocycles. The normalized spacial score (nSPS) is 11.6. The van der Waals surface area contributed by atoms with Gasteiger partial charge in [-0.25, -0.2) is 4.39 Å². The lowest BCUT2D eigenvalue weighted by molar-refractivity contribution is 0.311. The van der Waals surface area contributed by atoms with Crippen LogP contribution in [0.15, 0.2) is 18.2 Å². The number of halogens is 1. The van der Waals surface area contributed by atoms with Crippen LogP contribution in [-0.4, -0.2) is 14.7 Å². The molecule has 0 amide bonds. The molecule has 0 saturated carbocycles. The fourth-order valence-electron chi connectivity index (χ4n) is 0.901. The van der Waals surface area contributed by atoms with Gasteiger partial charge in [-0.15, -0.1) is 0 Å². The van der Waals surface area contributed by atoms with E-state index in [1.807, 2.05) is 0 Å². The van der Waals surface area contributed by atoms with Gasteiger partial charge in [-0.05, 0) is 24.1 Å². The Morgan fingerprint density at radius 3 is 2.57 bits per heavy atom. The van der Waals surface area contributed by atoms with E-state index in [9.17, 15) is 12.8 Å². The molecule has 1 rings (SSSR count). The standard InChI is InChI=1S/C9H11FO3S/c1-7-3-4-8(5-9(7)10)6-13-14(2,11)12/h3-5H,6H2,1-2H3. The minimum atomic E-state index is -3.47. The highest BCUT2D eigenvalue weighted by atomic mass is 32.2. The summed E-state index contributed by atoms with van der Waals surface area (Å²) in [6.45, 7) is 1.51. The van der Waals surface area contributed by atoms with Gasteiger partial charge in [0.2, 0.25) is 0 Å². The summed E-state index contributed by atoms with van der Waals surface area (Å²) in [4.78, 5) is 0. The highest BCUT2D eigenvalue weighted by Gasteiger charge is 2.04. The second-order valence-electron chi connectivity index (χ2n) is 3.05. The summed E-state index contributed by atoms with van der Waals surface area (Å²) >= 11 is 0. The molecular formula is C9H11FO3S. The first-order valence-electron chi connectivity index (χ1n) is 3.98. The van der Waals surface area contributed by atoms with Crippen LogP contribution >= 0.6 is 0 Å². The number of hydrogen-bond donors (Lipinski definition) is 0.